The summed E-state index contributed by atoms with van der Waals surface area (Å²) in [7, 11) is -3.44. The number of rotatable bonds is 18. The molecule has 3 atom stereocenters. The minimum atomic E-state index is -2.81. The first-order valence-electron chi connectivity index (χ1n) is 23.1. The molecule has 332 valence electrons. The SMILES string of the molecule is C[SiH](C)OC(CCn1ccc2c[c]([Bi]([c]3ccc4c(ccn4CCC(O[SiH](C)C)C(C)(C)C)c3)[c]3ccc4c(ccn4CCC(O[SiH](C)C)C(C)(C)C)c3)ccc21)C(C)(C)C. The van der Waals surface area contributed by atoms with Crippen LogP contribution in [0.15, 0.2) is 91.4 Å². The van der Waals surface area contributed by atoms with E-state index in [2.05, 4.69) is 207 Å². The molecule has 0 aliphatic heterocycles. The van der Waals surface area contributed by atoms with Crippen LogP contribution in [0, 0.1) is 16.2 Å². The van der Waals surface area contributed by atoms with Gasteiger partial charge in [-0.05, 0) is 0 Å². The third-order valence-corrected chi connectivity index (χ3v) is 24.0. The first-order valence-corrected chi connectivity index (χ1v) is 36.7. The molecular formula is C51H78BiN3O3Si3. The predicted molar refractivity (Wildman–Crippen MR) is 274 cm³/mol. The van der Waals surface area contributed by atoms with Gasteiger partial charge in [-0.25, -0.2) is 0 Å². The monoisotopic (exact) mass is 1070 g/mol. The summed E-state index contributed by atoms with van der Waals surface area (Å²) >= 11 is -2.81. The van der Waals surface area contributed by atoms with Gasteiger partial charge in [0, 0.05) is 0 Å². The molecule has 0 amide bonds. The van der Waals surface area contributed by atoms with Gasteiger partial charge in [0.25, 0.3) is 0 Å². The Morgan fingerprint density at radius 3 is 0.918 bits per heavy atom. The van der Waals surface area contributed by atoms with Gasteiger partial charge in [-0.1, -0.05) is 0 Å². The molecule has 3 unspecified atom stereocenters. The fraction of sp³-hybridized carbons (Fsp3) is 0.529. The van der Waals surface area contributed by atoms with Crippen molar-refractivity contribution in [3.05, 3.63) is 91.4 Å². The third kappa shape index (κ3) is 12.3. The average Bonchev–Trinajstić information content (AvgIpc) is 3.88. The van der Waals surface area contributed by atoms with Crippen LogP contribution in [0.2, 0.25) is 39.3 Å². The van der Waals surface area contributed by atoms with E-state index < -0.39 is 48.9 Å². The molecule has 0 bridgehead atoms. The van der Waals surface area contributed by atoms with Gasteiger partial charge in [0.05, 0.1) is 0 Å². The first kappa shape index (κ1) is 48.2. The standard InChI is InChI=1S/3C17H26NOSi.Bi/c3*1-17(2,3)16(19-20(4)5)11-13-18-12-10-14-8-6-7-9-15(14)18;/h3*7-10,12,16,20H,11,13H2,1-5H3;. The van der Waals surface area contributed by atoms with Gasteiger partial charge in [-0.2, -0.15) is 0 Å². The molecule has 6 rings (SSSR count). The van der Waals surface area contributed by atoms with Gasteiger partial charge in [0.2, 0.25) is 0 Å². The van der Waals surface area contributed by atoms with Gasteiger partial charge in [-0.3, -0.25) is 0 Å². The summed E-state index contributed by atoms with van der Waals surface area (Å²) in [6.07, 6.45) is 10.7. The number of aromatic nitrogens is 3. The summed E-state index contributed by atoms with van der Waals surface area (Å²) in [6, 6.07) is 29.2. The Kier molecular flexibility index (Phi) is 15.7. The molecule has 0 saturated carbocycles. The number of hydrogen-bond donors (Lipinski definition) is 0. The van der Waals surface area contributed by atoms with E-state index in [0.29, 0.717) is 0 Å². The van der Waals surface area contributed by atoms with Crippen molar-refractivity contribution in [2.75, 3.05) is 0 Å². The van der Waals surface area contributed by atoms with E-state index in [4.69, 9.17) is 13.3 Å². The number of nitrogens with zero attached hydrogens (tertiary/aromatic N) is 3. The molecule has 6 aromatic rings. The van der Waals surface area contributed by atoms with Crippen LogP contribution in [0.4, 0.5) is 0 Å². The maximum atomic E-state index is 6.56. The maximum absolute atomic E-state index is 6.56. The molecule has 3 aromatic heterocycles. The van der Waals surface area contributed by atoms with E-state index in [1.54, 1.807) is 0 Å². The van der Waals surface area contributed by atoms with Crippen LogP contribution < -0.4 is 9.81 Å². The second-order valence-electron chi connectivity index (χ2n) is 21.6. The molecule has 6 nitrogen and oxygen atoms in total. The van der Waals surface area contributed by atoms with Crippen molar-refractivity contribution < 1.29 is 13.3 Å². The summed E-state index contributed by atoms with van der Waals surface area (Å²) in [6.45, 7) is 37.5. The number of fused-ring (bicyclic) bond motifs is 3. The predicted octanol–water partition coefficient (Wildman–Crippen LogP) is 10.5. The topological polar surface area (TPSA) is 42.5 Å². The fourth-order valence-electron chi connectivity index (χ4n) is 8.88. The molecule has 61 heavy (non-hydrogen) atoms. The Morgan fingerprint density at radius 1 is 0.426 bits per heavy atom. The Hall–Kier alpha value is -2.31. The zero-order valence-corrected chi connectivity index (χ0v) is 47.3. The normalized spacial score (nSPS) is 14.8. The van der Waals surface area contributed by atoms with Crippen LogP contribution in [0.5, 0.6) is 0 Å². The van der Waals surface area contributed by atoms with Crippen molar-refractivity contribution in [1.29, 1.82) is 0 Å². The summed E-state index contributed by atoms with van der Waals surface area (Å²) in [5, 5.41) is 4.01. The third-order valence-electron chi connectivity index (χ3n) is 12.1. The number of hydrogen-bond acceptors (Lipinski definition) is 3. The Balaban J connectivity index is 1.35. The van der Waals surface area contributed by atoms with Crippen molar-refractivity contribution in [3.8, 4) is 0 Å². The van der Waals surface area contributed by atoms with Gasteiger partial charge in [-0.15, -0.1) is 0 Å². The van der Waals surface area contributed by atoms with Crippen LogP contribution >= 0.6 is 0 Å². The number of benzene rings is 3. The van der Waals surface area contributed by atoms with Crippen LogP contribution in [0.3, 0.4) is 0 Å². The Morgan fingerprint density at radius 2 is 0.689 bits per heavy atom. The first-order chi connectivity index (χ1) is 28.6. The quantitative estimate of drug-likeness (QED) is 0.0806. The Labute approximate surface area is 382 Å². The van der Waals surface area contributed by atoms with Crippen molar-refractivity contribution in [2.45, 2.75) is 159 Å². The Bertz CT molecular complexity index is 2100. The van der Waals surface area contributed by atoms with E-state index in [-0.39, 0.29) is 34.6 Å². The van der Waals surface area contributed by atoms with Crippen LogP contribution in [0.25, 0.3) is 32.7 Å². The van der Waals surface area contributed by atoms with Gasteiger partial charge in [0.15, 0.2) is 0 Å². The van der Waals surface area contributed by atoms with E-state index in [0.717, 1.165) is 38.9 Å². The van der Waals surface area contributed by atoms with Crippen molar-refractivity contribution in [3.63, 3.8) is 0 Å². The van der Waals surface area contributed by atoms with E-state index in [9.17, 15) is 0 Å². The molecule has 0 aliphatic rings. The summed E-state index contributed by atoms with van der Waals surface area (Å²) in [5.41, 5.74) is 4.31. The molecular weight excluding hydrogens is 996 g/mol. The van der Waals surface area contributed by atoms with Crippen LogP contribution in [-0.2, 0) is 32.9 Å². The summed E-state index contributed by atoms with van der Waals surface area (Å²) in [4.78, 5) is 0. The van der Waals surface area contributed by atoms with E-state index in [1.807, 2.05) is 0 Å². The van der Waals surface area contributed by atoms with Crippen LogP contribution in [-0.4, -0.2) is 80.9 Å². The van der Waals surface area contributed by atoms with Crippen molar-refractivity contribution >= 4 is 91.4 Å². The zero-order chi connectivity index (χ0) is 44.4. The number of aryl methyl sites for hydroxylation is 3. The second-order valence-corrected chi connectivity index (χ2v) is 37.3. The average molecular weight is 1070 g/mol. The molecule has 10 heteroatoms. The molecule has 3 heterocycles. The minimum absolute atomic E-state index is 0.121. The summed E-state index contributed by atoms with van der Waals surface area (Å²) in [5.74, 6) is 0. The van der Waals surface area contributed by atoms with Gasteiger partial charge >= 0.3 is 385 Å². The molecule has 0 spiro atoms. The molecule has 0 N–H and O–H groups in total. The second kappa shape index (κ2) is 19.8. The van der Waals surface area contributed by atoms with Gasteiger partial charge in [0.1, 0.15) is 0 Å². The fourth-order valence-corrected chi connectivity index (χ4v) is 21.7. The summed E-state index contributed by atoms with van der Waals surface area (Å²) < 4.78 is 31.6. The molecule has 0 fully saturated rings. The van der Waals surface area contributed by atoms with Gasteiger partial charge < -0.3 is 0 Å². The van der Waals surface area contributed by atoms with Crippen LogP contribution in [0.1, 0.15) is 81.6 Å². The van der Waals surface area contributed by atoms with E-state index in [1.165, 1.54) is 42.5 Å². The molecule has 0 aliphatic carbocycles. The zero-order valence-electron chi connectivity index (χ0n) is 40.4. The molecule has 3 aromatic carbocycles. The van der Waals surface area contributed by atoms with E-state index >= 15 is 0 Å². The molecule has 0 radical (unpaired) electrons. The van der Waals surface area contributed by atoms with Crippen molar-refractivity contribution in [1.82, 2.24) is 13.7 Å². The van der Waals surface area contributed by atoms with Crippen molar-refractivity contribution in [2.24, 2.45) is 16.2 Å². The molecule has 0 saturated heterocycles.